The number of rotatable bonds is 3. The maximum absolute atomic E-state index is 12.2. The van der Waals surface area contributed by atoms with Crippen molar-refractivity contribution in [2.75, 3.05) is 11.9 Å². The fourth-order valence-electron chi connectivity index (χ4n) is 2.89. The Hall–Kier alpha value is -2.26. The number of nitrogens with one attached hydrogen (secondary N) is 2. The highest BCUT2D eigenvalue weighted by molar-refractivity contribution is 7.90. The summed E-state index contributed by atoms with van der Waals surface area (Å²) in [5.41, 5.74) is 0.571. The van der Waals surface area contributed by atoms with E-state index in [-0.39, 0.29) is 10.9 Å². The van der Waals surface area contributed by atoms with Gasteiger partial charge in [-0.1, -0.05) is 12.1 Å². The largest absolute Gasteiger partial charge is 0.341 e. The lowest BCUT2D eigenvalue weighted by atomic mass is 10.1. The van der Waals surface area contributed by atoms with Crippen LogP contribution in [0.3, 0.4) is 0 Å². The highest BCUT2D eigenvalue weighted by atomic mass is 32.2. The lowest BCUT2D eigenvalue weighted by molar-refractivity contribution is 0.372. The van der Waals surface area contributed by atoms with Crippen LogP contribution >= 0.6 is 0 Å². The molecule has 23 heavy (non-hydrogen) atoms. The average molecular weight is 332 g/mol. The second-order valence-electron chi connectivity index (χ2n) is 5.61. The van der Waals surface area contributed by atoms with E-state index >= 15 is 0 Å². The Labute approximate surface area is 133 Å². The Balaban J connectivity index is 1.46. The van der Waals surface area contributed by atoms with Gasteiger partial charge < -0.3 is 10.6 Å². The third kappa shape index (κ3) is 2.73. The molecule has 2 N–H and O–H groups in total. The molecule has 2 aromatic rings. The first-order valence-corrected chi connectivity index (χ1v) is 8.86. The summed E-state index contributed by atoms with van der Waals surface area (Å²) in [7, 11) is -3.63. The van der Waals surface area contributed by atoms with Gasteiger partial charge in [0.05, 0.1) is 18.8 Å². The van der Waals surface area contributed by atoms with Crippen molar-refractivity contribution in [3.05, 3.63) is 36.4 Å². The summed E-state index contributed by atoms with van der Waals surface area (Å²) in [6.45, 7) is 1.09. The Kier molecular flexibility index (Phi) is 3.38. The number of aryl methyl sites for hydroxylation is 1. The topological polar surface area (TPSA) is 101 Å². The number of anilines is 1. The van der Waals surface area contributed by atoms with Crippen molar-refractivity contribution in [3.8, 4) is 0 Å². The van der Waals surface area contributed by atoms with Gasteiger partial charge in [0.15, 0.2) is 0 Å². The second kappa shape index (κ2) is 5.43. The zero-order valence-corrected chi connectivity index (χ0v) is 13.1. The quantitative estimate of drug-likeness (QED) is 0.843. The van der Waals surface area contributed by atoms with Gasteiger partial charge in [0.1, 0.15) is 22.9 Å². The number of aromatic nitrogens is 3. The van der Waals surface area contributed by atoms with Crippen LogP contribution in [-0.4, -0.2) is 41.6 Å². The number of hydrogen-bond acceptors (Lipinski definition) is 6. The normalized spacial score (nSPS) is 21.7. The summed E-state index contributed by atoms with van der Waals surface area (Å²) in [5, 5.41) is 10.6. The highest BCUT2D eigenvalue weighted by Crippen LogP contribution is 2.26. The maximum Gasteiger partial charge on any atom is 0.286 e. The minimum Gasteiger partial charge on any atom is -0.341 e. The number of amidine groups is 1. The Morgan fingerprint density at radius 2 is 2.22 bits per heavy atom. The number of nitrogens with zero attached hydrogens (tertiary/aromatic N) is 4. The summed E-state index contributed by atoms with van der Waals surface area (Å²) in [6.07, 6.45) is 3.36. The average Bonchev–Trinajstić information content (AvgIpc) is 3.00. The van der Waals surface area contributed by atoms with Gasteiger partial charge in [0.2, 0.25) is 0 Å². The van der Waals surface area contributed by atoms with Crippen molar-refractivity contribution in [3.63, 3.8) is 0 Å². The molecule has 0 amide bonds. The van der Waals surface area contributed by atoms with Crippen LogP contribution in [0.1, 0.15) is 12.2 Å². The molecule has 2 aliphatic rings. The van der Waals surface area contributed by atoms with Gasteiger partial charge in [0, 0.05) is 12.5 Å². The number of sulfonamides is 1. The van der Waals surface area contributed by atoms with Gasteiger partial charge in [-0.05, 0) is 18.6 Å². The van der Waals surface area contributed by atoms with Gasteiger partial charge in [0.25, 0.3) is 10.0 Å². The molecule has 1 aromatic carbocycles. The van der Waals surface area contributed by atoms with Crippen molar-refractivity contribution in [2.45, 2.75) is 30.3 Å². The summed E-state index contributed by atoms with van der Waals surface area (Å²) in [6, 6.07) is 7.00. The van der Waals surface area contributed by atoms with Crippen LogP contribution in [0.25, 0.3) is 0 Å². The zero-order chi connectivity index (χ0) is 15.9. The molecule has 0 spiro atoms. The van der Waals surface area contributed by atoms with Crippen LogP contribution in [0, 0.1) is 0 Å². The van der Waals surface area contributed by atoms with E-state index in [0.29, 0.717) is 18.1 Å². The summed E-state index contributed by atoms with van der Waals surface area (Å²) in [5.74, 6) is 1.40. The fourth-order valence-corrected chi connectivity index (χ4v) is 4.04. The zero-order valence-electron chi connectivity index (χ0n) is 12.3. The summed E-state index contributed by atoms with van der Waals surface area (Å²) in [4.78, 5) is 4.41. The molecule has 0 aliphatic carbocycles. The highest BCUT2D eigenvalue weighted by Gasteiger charge is 2.25. The van der Waals surface area contributed by atoms with Crippen LogP contribution in [0.15, 0.2) is 39.9 Å². The van der Waals surface area contributed by atoms with E-state index in [1.54, 1.807) is 30.6 Å². The molecule has 1 aromatic heterocycles. The van der Waals surface area contributed by atoms with Crippen molar-refractivity contribution >= 4 is 21.5 Å². The molecule has 4 rings (SSSR count). The standard InChI is InChI=1S/C14H16N6O2S/c21-23(22)12-4-2-1-3-11(12)18-13(19-23)7-15-10-5-6-14-16-9-17-20(14)8-10/h1-4,9-10,15H,5-8H2,(H,18,19)/t10-/m1/s1. The van der Waals surface area contributed by atoms with Crippen molar-refractivity contribution < 1.29 is 8.42 Å². The van der Waals surface area contributed by atoms with Gasteiger partial charge >= 0.3 is 0 Å². The lowest BCUT2D eigenvalue weighted by Crippen LogP contribution is -2.42. The molecule has 0 saturated carbocycles. The second-order valence-corrected chi connectivity index (χ2v) is 7.18. The SMILES string of the molecule is O=S1(=O)N=C(CN[C@@H]2CCc3ncnn3C2)Nc2ccccc21. The van der Waals surface area contributed by atoms with Gasteiger partial charge in [-0.2, -0.15) is 13.5 Å². The van der Waals surface area contributed by atoms with Crippen molar-refractivity contribution in [1.82, 2.24) is 20.1 Å². The van der Waals surface area contributed by atoms with Gasteiger partial charge in [-0.3, -0.25) is 0 Å². The van der Waals surface area contributed by atoms with E-state index in [0.717, 1.165) is 25.2 Å². The van der Waals surface area contributed by atoms with Crippen molar-refractivity contribution in [1.29, 1.82) is 0 Å². The summed E-state index contributed by atoms with van der Waals surface area (Å²) < 4.78 is 30.1. The molecular formula is C14H16N6O2S. The first kappa shape index (κ1) is 14.3. The van der Waals surface area contributed by atoms with Crippen LogP contribution in [0.2, 0.25) is 0 Å². The van der Waals surface area contributed by atoms with E-state index in [9.17, 15) is 8.42 Å². The van der Waals surface area contributed by atoms with Crippen molar-refractivity contribution in [2.24, 2.45) is 4.40 Å². The number of fused-ring (bicyclic) bond motifs is 2. The van der Waals surface area contributed by atoms with Gasteiger partial charge in [-0.15, -0.1) is 4.40 Å². The molecule has 0 bridgehead atoms. The molecule has 0 saturated heterocycles. The van der Waals surface area contributed by atoms with Crippen LogP contribution in [-0.2, 0) is 23.0 Å². The molecule has 1 atom stereocenters. The molecule has 8 nitrogen and oxygen atoms in total. The molecular weight excluding hydrogens is 316 g/mol. The van der Waals surface area contributed by atoms with Crippen LogP contribution < -0.4 is 10.6 Å². The predicted octanol–water partition coefficient (Wildman–Crippen LogP) is 0.395. The smallest absolute Gasteiger partial charge is 0.286 e. The van der Waals surface area contributed by atoms with E-state index in [2.05, 4.69) is 25.1 Å². The van der Waals surface area contributed by atoms with Crippen LogP contribution in [0.5, 0.6) is 0 Å². The minimum atomic E-state index is -3.63. The molecule has 9 heteroatoms. The number of hydrogen-bond donors (Lipinski definition) is 2. The Morgan fingerprint density at radius 1 is 1.35 bits per heavy atom. The molecule has 0 unspecified atom stereocenters. The number of para-hydroxylation sites is 1. The molecule has 3 heterocycles. The molecule has 120 valence electrons. The van der Waals surface area contributed by atoms with E-state index in [4.69, 9.17) is 0 Å². The number of benzene rings is 1. The first-order chi connectivity index (χ1) is 11.1. The first-order valence-electron chi connectivity index (χ1n) is 7.42. The van der Waals surface area contributed by atoms with E-state index in [1.807, 2.05) is 4.68 Å². The summed E-state index contributed by atoms with van der Waals surface area (Å²) >= 11 is 0. The van der Waals surface area contributed by atoms with Gasteiger partial charge in [-0.25, -0.2) is 9.67 Å². The van der Waals surface area contributed by atoms with E-state index in [1.165, 1.54) is 0 Å². The molecule has 2 aliphatic heterocycles. The minimum absolute atomic E-state index is 0.216. The Bertz CT molecular complexity index is 873. The van der Waals surface area contributed by atoms with Crippen LogP contribution in [0.4, 0.5) is 5.69 Å². The van der Waals surface area contributed by atoms with E-state index < -0.39 is 10.0 Å². The third-order valence-corrected chi connectivity index (χ3v) is 5.41. The Morgan fingerprint density at radius 3 is 3.13 bits per heavy atom. The predicted molar refractivity (Wildman–Crippen MR) is 84.8 cm³/mol. The third-order valence-electron chi connectivity index (χ3n) is 4.04. The fraction of sp³-hybridized carbons (Fsp3) is 0.357. The monoisotopic (exact) mass is 332 g/mol. The lowest BCUT2D eigenvalue weighted by Gasteiger charge is -2.25. The maximum atomic E-state index is 12.2. The molecule has 0 radical (unpaired) electrons. The molecule has 0 fully saturated rings.